The van der Waals surface area contributed by atoms with Gasteiger partial charge in [-0.15, -0.1) is 11.3 Å². The predicted molar refractivity (Wildman–Crippen MR) is 89.1 cm³/mol. The molecule has 0 radical (unpaired) electrons. The van der Waals surface area contributed by atoms with Crippen LogP contribution in [0.1, 0.15) is 12.5 Å². The number of nitrogens with zero attached hydrogens (tertiary/aromatic N) is 3. The normalized spacial score (nSPS) is 17.2. The van der Waals surface area contributed by atoms with E-state index in [1.807, 2.05) is 10.3 Å². The first-order chi connectivity index (χ1) is 11.3. The Morgan fingerprint density at radius 3 is 2.25 bits per heavy atom. The summed E-state index contributed by atoms with van der Waals surface area (Å²) in [5.74, 6) is -2.98. The van der Waals surface area contributed by atoms with Gasteiger partial charge in [0, 0.05) is 50.2 Å². The molecule has 2 heterocycles. The van der Waals surface area contributed by atoms with Crippen LogP contribution in [-0.2, 0) is 15.9 Å². The lowest BCUT2D eigenvalue weighted by Gasteiger charge is -2.33. The molecule has 1 aliphatic rings. The molecule has 0 aliphatic carbocycles. The van der Waals surface area contributed by atoms with Crippen LogP contribution in [-0.4, -0.2) is 43.9 Å². The summed E-state index contributed by atoms with van der Waals surface area (Å²) in [6.07, 6.45) is 1.72. The molecule has 0 atom stereocenters. The molecule has 3 rings (SSSR count). The Hall–Kier alpha value is -1.58. The number of sulfonamides is 1. The van der Waals surface area contributed by atoms with Crippen molar-refractivity contribution in [1.82, 2.24) is 9.29 Å². The number of hydrogen-bond acceptors (Lipinski definition) is 5. The van der Waals surface area contributed by atoms with E-state index in [4.69, 9.17) is 0 Å². The lowest BCUT2D eigenvalue weighted by atomic mass is 10.1. The molecule has 5 nitrogen and oxygen atoms in total. The van der Waals surface area contributed by atoms with Crippen molar-refractivity contribution >= 4 is 26.5 Å². The molecule has 0 saturated carbocycles. The van der Waals surface area contributed by atoms with Crippen molar-refractivity contribution < 1.29 is 17.2 Å². The minimum Gasteiger partial charge on any atom is -0.345 e. The lowest BCUT2D eigenvalue weighted by Crippen LogP contribution is -2.48. The smallest absolute Gasteiger partial charge is 0.270 e. The standard InChI is InChI=1S/C15H17F2N3O2S2/c1-15(16,17)12-2-4-13(5-3-12)24(21,22)20-9-7-19(8-10-20)14-18-6-11-23-14/h2-6,11H,7-10H2,1H3. The van der Waals surface area contributed by atoms with Gasteiger partial charge in [0.05, 0.1) is 4.90 Å². The summed E-state index contributed by atoms with van der Waals surface area (Å²) in [6, 6.07) is 4.82. The van der Waals surface area contributed by atoms with Crippen LogP contribution >= 0.6 is 11.3 Å². The molecule has 0 amide bonds. The van der Waals surface area contributed by atoms with Crippen molar-refractivity contribution in [2.75, 3.05) is 31.1 Å². The number of alkyl halides is 2. The fourth-order valence-electron chi connectivity index (χ4n) is 2.56. The van der Waals surface area contributed by atoms with Gasteiger partial charge in [0.2, 0.25) is 10.0 Å². The maximum Gasteiger partial charge on any atom is 0.270 e. The highest BCUT2D eigenvalue weighted by molar-refractivity contribution is 7.89. The first kappa shape index (κ1) is 17.2. The third-order valence-corrected chi connectivity index (χ3v) is 6.67. The summed E-state index contributed by atoms with van der Waals surface area (Å²) in [4.78, 5) is 6.30. The van der Waals surface area contributed by atoms with Gasteiger partial charge in [0.1, 0.15) is 0 Å². The maximum atomic E-state index is 13.2. The number of aromatic nitrogens is 1. The van der Waals surface area contributed by atoms with Crippen molar-refractivity contribution in [2.24, 2.45) is 0 Å². The highest BCUT2D eigenvalue weighted by Crippen LogP contribution is 2.28. The van der Waals surface area contributed by atoms with Gasteiger partial charge in [0.25, 0.3) is 5.92 Å². The molecule has 1 aromatic carbocycles. The number of halogens is 2. The number of hydrogen-bond donors (Lipinski definition) is 0. The molecule has 0 bridgehead atoms. The second-order valence-corrected chi connectivity index (χ2v) is 8.43. The summed E-state index contributed by atoms with van der Waals surface area (Å²) in [6.45, 7) is 2.57. The van der Waals surface area contributed by atoms with Gasteiger partial charge >= 0.3 is 0 Å². The molecule has 130 valence electrons. The van der Waals surface area contributed by atoms with E-state index < -0.39 is 15.9 Å². The van der Waals surface area contributed by atoms with E-state index in [0.717, 1.165) is 12.1 Å². The lowest BCUT2D eigenvalue weighted by molar-refractivity contribution is 0.0174. The van der Waals surface area contributed by atoms with E-state index in [0.29, 0.717) is 26.2 Å². The molecule has 1 fully saturated rings. The van der Waals surface area contributed by atoms with Crippen LogP contribution in [0, 0.1) is 0 Å². The second kappa shape index (κ2) is 6.38. The molecule has 0 spiro atoms. The zero-order valence-corrected chi connectivity index (χ0v) is 14.7. The van der Waals surface area contributed by atoms with Crippen LogP contribution in [0.4, 0.5) is 13.9 Å². The molecule has 2 aromatic rings. The Bertz CT molecular complexity index is 779. The Morgan fingerprint density at radius 2 is 1.75 bits per heavy atom. The maximum absolute atomic E-state index is 13.2. The third-order valence-electron chi connectivity index (χ3n) is 3.93. The summed E-state index contributed by atoms with van der Waals surface area (Å²) in [5.41, 5.74) is -0.199. The third kappa shape index (κ3) is 3.42. The zero-order valence-electron chi connectivity index (χ0n) is 13.0. The van der Waals surface area contributed by atoms with Crippen molar-refractivity contribution in [3.05, 3.63) is 41.4 Å². The van der Waals surface area contributed by atoms with E-state index >= 15 is 0 Å². The Morgan fingerprint density at radius 1 is 1.12 bits per heavy atom. The number of rotatable bonds is 4. The summed E-state index contributed by atoms with van der Waals surface area (Å²) >= 11 is 1.51. The quantitative estimate of drug-likeness (QED) is 0.827. The average molecular weight is 373 g/mol. The Labute approximate surface area is 143 Å². The van der Waals surface area contributed by atoms with Crippen LogP contribution in [0.5, 0.6) is 0 Å². The highest BCUT2D eigenvalue weighted by atomic mass is 32.2. The number of anilines is 1. The zero-order chi connectivity index (χ0) is 17.4. The summed E-state index contributed by atoms with van der Waals surface area (Å²) < 4.78 is 53.2. The first-order valence-electron chi connectivity index (χ1n) is 7.41. The largest absolute Gasteiger partial charge is 0.345 e. The van der Waals surface area contributed by atoms with Crippen LogP contribution in [0.2, 0.25) is 0 Å². The van der Waals surface area contributed by atoms with Crippen LogP contribution < -0.4 is 4.90 Å². The monoisotopic (exact) mass is 373 g/mol. The highest BCUT2D eigenvalue weighted by Gasteiger charge is 2.30. The molecule has 1 saturated heterocycles. The van der Waals surface area contributed by atoms with Crippen molar-refractivity contribution in [1.29, 1.82) is 0 Å². The second-order valence-electron chi connectivity index (χ2n) is 5.62. The molecule has 1 aliphatic heterocycles. The summed E-state index contributed by atoms with van der Waals surface area (Å²) in [7, 11) is -3.67. The molecule has 0 unspecified atom stereocenters. The van der Waals surface area contributed by atoms with E-state index in [1.165, 1.54) is 39.9 Å². The molecular formula is C15H17F2N3O2S2. The van der Waals surface area contributed by atoms with Gasteiger partial charge in [-0.2, -0.15) is 4.31 Å². The predicted octanol–water partition coefficient (Wildman–Crippen LogP) is 2.77. The fourth-order valence-corrected chi connectivity index (χ4v) is 4.68. The van der Waals surface area contributed by atoms with Gasteiger partial charge in [-0.1, -0.05) is 12.1 Å². The topological polar surface area (TPSA) is 53.5 Å². The number of thiazole rings is 1. The molecule has 0 N–H and O–H groups in total. The van der Waals surface area contributed by atoms with Crippen molar-refractivity contribution in [3.8, 4) is 0 Å². The molecule has 24 heavy (non-hydrogen) atoms. The average Bonchev–Trinajstić information content (AvgIpc) is 3.09. The SMILES string of the molecule is CC(F)(F)c1ccc(S(=O)(=O)N2CCN(c3nccs3)CC2)cc1. The van der Waals surface area contributed by atoms with E-state index in [-0.39, 0.29) is 10.5 Å². The van der Waals surface area contributed by atoms with Gasteiger partial charge in [-0.3, -0.25) is 0 Å². The first-order valence-corrected chi connectivity index (χ1v) is 9.73. The van der Waals surface area contributed by atoms with Gasteiger partial charge in [-0.25, -0.2) is 22.2 Å². The van der Waals surface area contributed by atoms with Gasteiger partial charge in [-0.05, 0) is 12.1 Å². The Balaban J connectivity index is 1.72. The van der Waals surface area contributed by atoms with Crippen LogP contribution in [0.25, 0.3) is 0 Å². The van der Waals surface area contributed by atoms with E-state index in [1.54, 1.807) is 6.20 Å². The summed E-state index contributed by atoms with van der Waals surface area (Å²) in [5, 5.41) is 2.75. The molecular weight excluding hydrogens is 356 g/mol. The van der Waals surface area contributed by atoms with Crippen molar-refractivity contribution in [3.63, 3.8) is 0 Å². The minimum absolute atomic E-state index is 0.0400. The van der Waals surface area contributed by atoms with Gasteiger partial charge < -0.3 is 4.90 Å². The van der Waals surface area contributed by atoms with Crippen LogP contribution in [0.15, 0.2) is 40.7 Å². The Kier molecular flexibility index (Phi) is 4.58. The molecule has 9 heteroatoms. The number of piperazine rings is 1. The van der Waals surface area contributed by atoms with Crippen molar-refractivity contribution in [2.45, 2.75) is 17.7 Å². The van der Waals surface area contributed by atoms with E-state index in [9.17, 15) is 17.2 Å². The van der Waals surface area contributed by atoms with Crippen LogP contribution in [0.3, 0.4) is 0 Å². The number of benzene rings is 1. The minimum atomic E-state index is -3.67. The molecule has 1 aromatic heterocycles. The van der Waals surface area contributed by atoms with Gasteiger partial charge in [0.15, 0.2) is 5.13 Å². The van der Waals surface area contributed by atoms with E-state index in [2.05, 4.69) is 4.98 Å². The fraction of sp³-hybridized carbons (Fsp3) is 0.400.